The molecule has 1 nitrogen and oxygen atoms in total. The fraction of sp³-hybridized carbons (Fsp3) is 0.538. The third kappa shape index (κ3) is 3.03. The molecular weight excluding hydrogens is 189 g/mol. The van der Waals surface area contributed by atoms with Crippen molar-refractivity contribution < 1.29 is 4.39 Å². The summed E-state index contributed by atoms with van der Waals surface area (Å²) in [6.07, 6.45) is 2.04. The summed E-state index contributed by atoms with van der Waals surface area (Å²) in [5.41, 5.74) is 7.49. The van der Waals surface area contributed by atoms with E-state index in [1.54, 1.807) is 13.0 Å². The molecule has 0 bridgehead atoms. The van der Waals surface area contributed by atoms with Gasteiger partial charge in [0.15, 0.2) is 0 Å². The SMILES string of the molecule is Cc1cc(C(C)(C)CCCN)ccc1F. The van der Waals surface area contributed by atoms with Crippen molar-refractivity contribution in [1.82, 2.24) is 0 Å². The first-order valence-electron chi connectivity index (χ1n) is 5.44. The van der Waals surface area contributed by atoms with Crippen LogP contribution in [0.25, 0.3) is 0 Å². The molecule has 0 aliphatic carbocycles. The molecular formula is C13H20FN. The molecule has 1 aromatic rings. The molecule has 0 amide bonds. The van der Waals surface area contributed by atoms with Gasteiger partial charge in [0.25, 0.3) is 0 Å². The molecule has 0 aromatic heterocycles. The van der Waals surface area contributed by atoms with Crippen molar-refractivity contribution in [1.29, 1.82) is 0 Å². The van der Waals surface area contributed by atoms with Crippen LogP contribution < -0.4 is 5.73 Å². The lowest BCUT2D eigenvalue weighted by molar-refractivity contribution is 0.463. The van der Waals surface area contributed by atoms with E-state index in [0.717, 1.165) is 12.8 Å². The van der Waals surface area contributed by atoms with Crippen molar-refractivity contribution >= 4 is 0 Å². The second-order valence-corrected chi connectivity index (χ2v) is 4.74. The zero-order valence-corrected chi connectivity index (χ0v) is 9.81. The van der Waals surface area contributed by atoms with E-state index in [4.69, 9.17) is 5.73 Å². The fourth-order valence-electron chi connectivity index (χ4n) is 1.75. The zero-order valence-electron chi connectivity index (χ0n) is 9.81. The van der Waals surface area contributed by atoms with Gasteiger partial charge in [-0.3, -0.25) is 0 Å². The Morgan fingerprint density at radius 2 is 2.00 bits per heavy atom. The maximum absolute atomic E-state index is 13.1. The summed E-state index contributed by atoms with van der Waals surface area (Å²) < 4.78 is 13.1. The molecule has 0 unspecified atom stereocenters. The van der Waals surface area contributed by atoms with Gasteiger partial charge in [0.2, 0.25) is 0 Å². The van der Waals surface area contributed by atoms with E-state index >= 15 is 0 Å². The van der Waals surface area contributed by atoms with Gasteiger partial charge in [0, 0.05) is 0 Å². The van der Waals surface area contributed by atoms with Crippen LogP contribution in [0, 0.1) is 12.7 Å². The lowest BCUT2D eigenvalue weighted by atomic mass is 9.80. The predicted octanol–water partition coefficient (Wildman–Crippen LogP) is 3.15. The van der Waals surface area contributed by atoms with E-state index in [-0.39, 0.29) is 11.2 Å². The van der Waals surface area contributed by atoms with Crippen LogP contribution in [0.4, 0.5) is 4.39 Å². The molecule has 2 N–H and O–H groups in total. The fourth-order valence-corrected chi connectivity index (χ4v) is 1.75. The van der Waals surface area contributed by atoms with Crippen molar-refractivity contribution in [3.05, 3.63) is 35.1 Å². The molecule has 2 heteroatoms. The van der Waals surface area contributed by atoms with E-state index in [1.807, 2.05) is 12.1 Å². The first-order chi connectivity index (χ1) is 6.97. The topological polar surface area (TPSA) is 26.0 Å². The van der Waals surface area contributed by atoms with Gasteiger partial charge in [0.05, 0.1) is 0 Å². The highest BCUT2D eigenvalue weighted by Gasteiger charge is 2.20. The Kier molecular flexibility index (Phi) is 3.86. The summed E-state index contributed by atoms with van der Waals surface area (Å²) >= 11 is 0. The minimum absolute atomic E-state index is 0.0812. The van der Waals surface area contributed by atoms with Gasteiger partial charge in [-0.2, -0.15) is 0 Å². The van der Waals surface area contributed by atoms with Crippen LogP contribution in [-0.4, -0.2) is 6.54 Å². The van der Waals surface area contributed by atoms with E-state index in [0.29, 0.717) is 12.1 Å². The summed E-state index contributed by atoms with van der Waals surface area (Å²) in [6.45, 7) is 6.87. The Bertz CT molecular complexity index is 331. The molecule has 0 heterocycles. The summed E-state index contributed by atoms with van der Waals surface area (Å²) in [6, 6.07) is 5.36. The summed E-state index contributed by atoms with van der Waals surface area (Å²) in [4.78, 5) is 0. The highest BCUT2D eigenvalue weighted by Crippen LogP contribution is 2.29. The number of nitrogens with two attached hydrogens (primary N) is 1. The molecule has 0 fully saturated rings. The number of hydrogen-bond acceptors (Lipinski definition) is 1. The van der Waals surface area contributed by atoms with Gasteiger partial charge < -0.3 is 5.73 Å². The molecule has 1 rings (SSSR count). The Hall–Kier alpha value is -0.890. The normalized spacial score (nSPS) is 11.8. The van der Waals surface area contributed by atoms with Crippen LogP contribution >= 0.6 is 0 Å². The Balaban J connectivity index is 2.89. The molecule has 0 spiro atoms. The van der Waals surface area contributed by atoms with Crippen molar-refractivity contribution in [3.8, 4) is 0 Å². The lowest BCUT2D eigenvalue weighted by Gasteiger charge is -2.25. The van der Waals surface area contributed by atoms with E-state index < -0.39 is 0 Å². The van der Waals surface area contributed by atoms with Gasteiger partial charge in [-0.15, -0.1) is 0 Å². The molecule has 15 heavy (non-hydrogen) atoms. The van der Waals surface area contributed by atoms with Crippen molar-refractivity contribution in [2.75, 3.05) is 6.54 Å². The second-order valence-electron chi connectivity index (χ2n) is 4.74. The molecule has 0 atom stereocenters. The molecule has 84 valence electrons. The first-order valence-corrected chi connectivity index (χ1v) is 5.44. The number of hydrogen-bond donors (Lipinski definition) is 1. The van der Waals surface area contributed by atoms with E-state index in [2.05, 4.69) is 13.8 Å². The van der Waals surface area contributed by atoms with Gasteiger partial charge in [0.1, 0.15) is 5.82 Å². The standard InChI is InChI=1S/C13H20FN/c1-10-9-11(5-6-12(10)14)13(2,3)7-4-8-15/h5-6,9H,4,7-8,15H2,1-3H3. The molecule has 0 radical (unpaired) electrons. The van der Waals surface area contributed by atoms with Crippen LogP contribution in [0.1, 0.15) is 37.8 Å². The van der Waals surface area contributed by atoms with Crippen molar-refractivity contribution in [2.24, 2.45) is 5.73 Å². The lowest BCUT2D eigenvalue weighted by Crippen LogP contribution is -2.19. The minimum Gasteiger partial charge on any atom is -0.330 e. The van der Waals surface area contributed by atoms with Gasteiger partial charge in [-0.05, 0) is 48.9 Å². The highest BCUT2D eigenvalue weighted by atomic mass is 19.1. The van der Waals surface area contributed by atoms with Crippen LogP contribution in [0.2, 0.25) is 0 Å². The predicted molar refractivity (Wildman–Crippen MR) is 62.5 cm³/mol. The van der Waals surface area contributed by atoms with Crippen molar-refractivity contribution in [3.63, 3.8) is 0 Å². The smallest absolute Gasteiger partial charge is 0.126 e. The van der Waals surface area contributed by atoms with Crippen LogP contribution in [0.5, 0.6) is 0 Å². The molecule has 0 aliphatic rings. The Labute approximate surface area is 91.5 Å². The first kappa shape index (κ1) is 12.2. The van der Waals surface area contributed by atoms with Gasteiger partial charge in [-0.25, -0.2) is 4.39 Å². The second kappa shape index (κ2) is 4.75. The quantitative estimate of drug-likeness (QED) is 0.810. The summed E-state index contributed by atoms with van der Waals surface area (Å²) in [5, 5.41) is 0. The number of aryl methyl sites for hydroxylation is 1. The molecule has 1 aromatic carbocycles. The number of rotatable bonds is 4. The average molecular weight is 209 g/mol. The monoisotopic (exact) mass is 209 g/mol. The van der Waals surface area contributed by atoms with Crippen molar-refractivity contribution in [2.45, 2.75) is 39.0 Å². The van der Waals surface area contributed by atoms with Gasteiger partial charge in [-0.1, -0.05) is 26.0 Å². The molecule has 0 aliphatic heterocycles. The minimum atomic E-state index is -0.131. The zero-order chi connectivity index (χ0) is 11.5. The molecule has 0 saturated carbocycles. The number of benzene rings is 1. The highest BCUT2D eigenvalue weighted by molar-refractivity contribution is 5.29. The summed E-state index contributed by atoms with van der Waals surface area (Å²) in [7, 11) is 0. The molecule has 0 saturated heterocycles. The average Bonchev–Trinajstić information content (AvgIpc) is 2.19. The third-order valence-electron chi connectivity index (χ3n) is 2.95. The van der Waals surface area contributed by atoms with Crippen LogP contribution in [0.3, 0.4) is 0 Å². The largest absolute Gasteiger partial charge is 0.330 e. The van der Waals surface area contributed by atoms with Crippen LogP contribution in [0.15, 0.2) is 18.2 Å². The Morgan fingerprint density at radius 1 is 1.33 bits per heavy atom. The maximum Gasteiger partial charge on any atom is 0.126 e. The van der Waals surface area contributed by atoms with Crippen LogP contribution in [-0.2, 0) is 5.41 Å². The third-order valence-corrected chi connectivity index (χ3v) is 2.95. The van der Waals surface area contributed by atoms with Gasteiger partial charge >= 0.3 is 0 Å². The Morgan fingerprint density at radius 3 is 2.53 bits per heavy atom. The number of halogens is 1. The van der Waals surface area contributed by atoms with E-state index in [1.165, 1.54) is 5.56 Å². The van der Waals surface area contributed by atoms with E-state index in [9.17, 15) is 4.39 Å². The maximum atomic E-state index is 13.1. The summed E-state index contributed by atoms with van der Waals surface area (Å²) in [5.74, 6) is -0.131.